The van der Waals surface area contributed by atoms with E-state index in [2.05, 4.69) is 53.7 Å². The molecule has 1 unspecified atom stereocenters. The van der Waals surface area contributed by atoms with Crippen molar-refractivity contribution >= 4 is 0 Å². The summed E-state index contributed by atoms with van der Waals surface area (Å²) in [6.07, 6.45) is 1.71. The summed E-state index contributed by atoms with van der Waals surface area (Å²) >= 11 is 0. The highest BCUT2D eigenvalue weighted by Crippen LogP contribution is 2.42. The minimum absolute atomic E-state index is 0.136. The van der Waals surface area contributed by atoms with Gasteiger partial charge in [0.15, 0.2) is 0 Å². The summed E-state index contributed by atoms with van der Waals surface area (Å²) in [7, 11) is 1.71. The van der Waals surface area contributed by atoms with Crippen LogP contribution in [0, 0.1) is 5.21 Å². The first kappa shape index (κ1) is 20.7. The van der Waals surface area contributed by atoms with Gasteiger partial charge in [0.25, 0.3) is 0 Å². The highest BCUT2D eigenvalue weighted by Gasteiger charge is 2.32. The van der Waals surface area contributed by atoms with Crippen molar-refractivity contribution in [3.63, 3.8) is 0 Å². The molecule has 0 radical (unpaired) electrons. The van der Waals surface area contributed by atoms with E-state index in [9.17, 15) is 10.3 Å². The van der Waals surface area contributed by atoms with Crippen molar-refractivity contribution in [2.45, 2.75) is 77.7 Å². The van der Waals surface area contributed by atoms with Crippen molar-refractivity contribution in [2.75, 3.05) is 7.11 Å². The first-order valence-corrected chi connectivity index (χ1v) is 10.1. The van der Waals surface area contributed by atoms with Crippen LogP contribution in [0.25, 0.3) is 11.3 Å². The molecule has 0 spiro atoms. The minimum atomic E-state index is -0.691. The van der Waals surface area contributed by atoms with Crippen molar-refractivity contribution in [2.24, 2.45) is 0 Å². The van der Waals surface area contributed by atoms with Gasteiger partial charge in [-0.15, -0.1) is 0 Å². The van der Waals surface area contributed by atoms with Gasteiger partial charge in [-0.1, -0.05) is 41.5 Å². The smallest absolute Gasteiger partial charge is 0.225 e. The van der Waals surface area contributed by atoms with Gasteiger partial charge in [0, 0.05) is 28.3 Å². The van der Waals surface area contributed by atoms with Crippen LogP contribution in [0.2, 0.25) is 0 Å². The number of benzene rings is 1. The Morgan fingerprint density at radius 1 is 1.04 bits per heavy atom. The second-order valence-corrected chi connectivity index (χ2v) is 9.94. The Morgan fingerprint density at radius 2 is 1.61 bits per heavy atom. The molecule has 152 valence electrons. The maximum Gasteiger partial charge on any atom is 0.225 e. The molecule has 1 aromatic heterocycles. The first-order chi connectivity index (χ1) is 12.9. The number of pyridine rings is 1. The number of ether oxygens (including phenoxy) is 1. The SMILES string of the molecule is COc1c(C(C)(C)C)cc(-c2ccc3c([n+]2[O-])C(O)CCC3)cc1C(C)(C)C. The Labute approximate surface area is 168 Å². The van der Waals surface area contributed by atoms with E-state index in [1.54, 1.807) is 7.11 Å². The van der Waals surface area contributed by atoms with Crippen molar-refractivity contribution in [3.8, 4) is 17.0 Å². The Hall–Kier alpha value is -2.07. The summed E-state index contributed by atoms with van der Waals surface area (Å²) in [6.45, 7) is 12.9. The molecular weight excluding hydrogens is 350 g/mol. The molecule has 0 saturated carbocycles. The number of nitrogens with zero attached hydrogens (tertiary/aromatic N) is 1. The Kier molecular flexibility index (Phi) is 5.22. The number of aromatic nitrogens is 1. The second-order valence-electron chi connectivity index (χ2n) is 9.94. The molecule has 28 heavy (non-hydrogen) atoms. The van der Waals surface area contributed by atoms with Gasteiger partial charge < -0.3 is 15.1 Å². The summed E-state index contributed by atoms with van der Waals surface area (Å²) in [6, 6.07) is 8.03. The van der Waals surface area contributed by atoms with Crippen LogP contribution in [-0.4, -0.2) is 12.2 Å². The fraction of sp³-hybridized carbons (Fsp3) is 0.542. The summed E-state index contributed by atoms with van der Waals surface area (Å²) in [5.41, 5.74) is 4.80. The normalized spacial score (nSPS) is 17.4. The fourth-order valence-corrected chi connectivity index (χ4v) is 4.10. The molecule has 0 bridgehead atoms. The zero-order valence-corrected chi connectivity index (χ0v) is 18.2. The Morgan fingerprint density at radius 3 is 2.11 bits per heavy atom. The van der Waals surface area contributed by atoms with E-state index in [1.807, 2.05) is 12.1 Å². The average molecular weight is 384 g/mol. The molecule has 0 saturated heterocycles. The topological polar surface area (TPSA) is 56.4 Å². The quantitative estimate of drug-likeness (QED) is 0.589. The van der Waals surface area contributed by atoms with Gasteiger partial charge in [0.2, 0.25) is 11.4 Å². The highest BCUT2D eigenvalue weighted by molar-refractivity contribution is 5.65. The van der Waals surface area contributed by atoms with Gasteiger partial charge in [-0.2, -0.15) is 4.73 Å². The molecule has 1 N–H and O–H groups in total. The van der Waals surface area contributed by atoms with Crippen molar-refractivity contribution in [3.05, 3.63) is 51.9 Å². The largest absolute Gasteiger partial charge is 0.618 e. The van der Waals surface area contributed by atoms with Crippen LogP contribution in [0.5, 0.6) is 5.75 Å². The summed E-state index contributed by atoms with van der Waals surface area (Å²) in [5, 5.41) is 23.6. The first-order valence-electron chi connectivity index (χ1n) is 10.1. The van der Waals surface area contributed by atoms with Crippen LogP contribution < -0.4 is 9.47 Å². The van der Waals surface area contributed by atoms with E-state index in [-0.39, 0.29) is 10.8 Å². The fourth-order valence-electron chi connectivity index (χ4n) is 4.10. The van der Waals surface area contributed by atoms with Crippen LogP contribution in [0.15, 0.2) is 24.3 Å². The van der Waals surface area contributed by atoms with E-state index in [0.29, 0.717) is 17.8 Å². The summed E-state index contributed by atoms with van der Waals surface area (Å²) in [4.78, 5) is 0. The molecule has 1 aromatic carbocycles. The molecule has 1 aliphatic carbocycles. The monoisotopic (exact) mass is 383 g/mol. The standard InChI is InChI=1S/C24H33NO3/c1-23(2,3)17-13-16(14-18(22(17)28-7)24(4,5)6)19-12-11-15-9-8-10-20(26)21(15)25(19)27/h11-14,20,26H,8-10H2,1-7H3. The van der Waals surface area contributed by atoms with E-state index in [1.165, 1.54) is 0 Å². The number of fused-ring (bicyclic) bond motifs is 1. The third kappa shape index (κ3) is 3.62. The van der Waals surface area contributed by atoms with E-state index < -0.39 is 6.10 Å². The molecular formula is C24H33NO3. The summed E-state index contributed by atoms with van der Waals surface area (Å²) < 4.78 is 6.78. The Balaban J connectivity index is 2.30. The van der Waals surface area contributed by atoms with E-state index in [4.69, 9.17) is 4.74 Å². The molecule has 0 aliphatic heterocycles. The zero-order valence-electron chi connectivity index (χ0n) is 18.2. The average Bonchev–Trinajstić information content (AvgIpc) is 2.59. The third-order valence-corrected chi connectivity index (χ3v) is 5.65. The van der Waals surface area contributed by atoms with Crippen molar-refractivity contribution in [1.29, 1.82) is 0 Å². The number of rotatable bonds is 2. The Bertz CT molecular complexity index is 853. The predicted molar refractivity (Wildman–Crippen MR) is 113 cm³/mol. The summed E-state index contributed by atoms with van der Waals surface area (Å²) in [5.74, 6) is 0.888. The molecule has 4 nitrogen and oxygen atoms in total. The van der Waals surface area contributed by atoms with Crippen molar-refractivity contribution in [1.82, 2.24) is 0 Å². The van der Waals surface area contributed by atoms with Gasteiger partial charge in [-0.3, -0.25) is 0 Å². The van der Waals surface area contributed by atoms with Crippen molar-refractivity contribution < 1.29 is 14.6 Å². The lowest BCUT2D eigenvalue weighted by molar-refractivity contribution is -0.608. The van der Waals surface area contributed by atoms with Crippen LogP contribution in [0.1, 0.15) is 82.9 Å². The second kappa shape index (κ2) is 7.07. The van der Waals surface area contributed by atoms with Gasteiger partial charge in [-0.25, -0.2) is 0 Å². The van der Waals surface area contributed by atoms with Gasteiger partial charge in [0.1, 0.15) is 11.9 Å². The zero-order chi connectivity index (χ0) is 20.9. The molecule has 0 amide bonds. The van der Waals surface area contributed by atoms with E-state index >= 15 is 0 Å². The molecule has 1 aliphatic rings. The number of aliphatic hydroxyl groups is 1. The number of hydrogen-bond donors (Lipinski definition) is 1. The lowest BCUT2D eigenvalue weighted by Crippen LogP contribution is -2.39. The van der Waals surface area contributed by atoms with Crippen LogP contribution in [-0.2, 0) is 17.3 Å². The number of aliphatic hydroxyl groups excluding tert-OH is 1. The maximum absolute atomic E-state index is 13.2. The van der Waals surface area contributed by atoms with Crippen LogP contribution in [0.3, 0.4) is 0 Å². The molecule has 1 atom stereocenters. The molecule has 4 heteroatoms. The maximum atomic E-state index is 13.2. The van der Waals surface area contributed by atoms with Gasteiger partial charge in [0.05, 0.1) is 7.11 Å². The highest BCUT2D eigenvalue weighted by atomic mass is 16.5. The van der Waals surface area contributed by atoms with Crippen LogP contribution in [0.4, 0.5) is 0 Å². The minimum Gasteiger partial charge on any atom is -0.618 e. The van der Waals surface area contributed by atoms with E-state index in [0.717, 1.165) is 45.6 Å². The molecule has 0 fully saturated rings. The van der Waals surface area contributed by atoms with Gasteiger partial charge in [-0.05, 0) is 48.3 Å². The third-order valence-electron chi connectivity index (χ3n) is 5.65. The number of aryl methyl sites for hydroxylation is 1. The lowest BCUT2D eigenvalue weighted by atomic mass is 9.78. The van der Waals surface area contributed by atoms with Crippen LogP contribution >= 0.6 is 0 Å². The predicted octanol–water partition coefficient (Wildman–Crippen LogP) is 4.96. The number of hydrogen-bond acceptors (Lipinski definition) is 3. The molecule has 3 rings (SSSR count). The number of methoxy groups -OCH3 is 1. The molecule has 2 aromatic rings. The lowest BCUT2D eigenvalue weighted by Gasteiger charge is -2.30. The molecule has 1 heterocycles. The van der Waals surface area contributed by atoms with Gasteiger partial charge >= 0.3 is 0 Å².